The Hall–Kier alpha value is -0.450. The molecular weight excluding hydrogens is 184 g/mol. The molecule has 3 nitrogen and oxygen atoms in total. The number of thiazole rings is 1. The van der Waals surface area contributed by atoms with E-state index in [-0.39, 0.29) is 0 Å². The minimum Gasteiger partial charge on any atom is -0.385 e. The largest absolute Gasteiger partial charge is 0.385 e. The lowest BCUT2D eigenvalue weighted by Crippen LogP contribution is -2.28. The van der Waals surface area contributed by atoms with E-state index < -0.39 is 6.10 Å². The number of nitrogens with one attached hydrogen (secondary N) is 1. The van der Waals surface area contributed by atoms with Crippen molar-refractivity contribution in [2.75, 3.05) is 6.54 Å². The minimum absolute atomic E-state index is 0.398. The van der Waals surface area contributed by atoms with Gasteiger partial charge < -0.3 is 10.4 Å². The molecule has 74 valence electrons. The van der Waals surface area contributed by atoms with Crippen LogP contribution in [0.2, 0.25) is 0 Å². The van der Waals surface area contributed by atoms with Gasteiger partial charge in [-0.15, -0.1) is 11.3 Å². The van der Waals surface area contributed by atoms with Crippen LogP contribution in [0, 0.1) is 6.92 Å². The fraction of sp³-hybridized carbons (Fsp3) is 0.667. The molecule has 1 atom stereocenters. The Morgan fingerprint density at radius 2 is 2.31 bits per heavy atom. The number of aliphatic hydroxyl groups excluding tert-OH is 1. The monoisotopic (exact) mass is 200 g/mol. The molecule has 1 aromatic rings. The molecule has 0 saturated carbocycles. The van der Waals surface area contributed by atoms with Gasteiger partial charge in [0.1, 0.15) is 6.10 Å². The molecular formula is C9H16N2OS. The van der Waals surface area contributed by atoms with Gasteiger partial charge in [0.25, 0.3) is 0 Å². The maximum atomic E-state index is 9.66. The summed E-state index contributed by atoms with van der Waals surface area (Å²) in [5.74, 6) is 0. The lowest BCUT2D eigenvalue weighted by Gasteiger charge is -2.11. The zero-order valence-electron chi connectivity index (χ0n) is 8.24. The summed E-state index contributed by atoms with van der Waals surface area (Å²) in [5.41, 5.74) is 0.774. The molecule has 0 saturated heterocycles. The van der Waals surface area contributed by atoms with Gasteiger partial charge in [0, 0.05) is 18.0 Å². The molecule has 1 rings (SSSR count). The smallest absolute Gasteiger partial charge is 0.109 e. The SMILES string of the molecule is Cc1nc(C(O)CNC(C)C)cs1. The number of hydrogen-bond donors (Lipinski definition) is 2. The van der Waals surface area contributed by atoms with Gasteiger partial charge in [-0.1, -0.05) is 13.8 Å². The van der Waals surface area contributed by atoms with Crippen LogP contribution in [0.15, 0.2) is 5.38 Å². The average Bonchev–Trinajstić information content (AvgIpc) is 2.47. The van der Waals surface area contributed by atoms with Gasteiger partial charge in [-0.2, -0.15) is 0 Å². The second-order valence-electron chi connectivity index (χ2n) is 3.37. The first-order valence-electron chi connectivity index (χ1n) is 4.43. The topological polar surface area (TPSA) is 45.2 Å². The van der Waals surface area contributed by atoms with Crippen LogP contribution in [-0.2, 0) is 0 Å². The number of rotatable bonds is 4. The van der Waals surface area contributed by atoms with Crippen molar-refractivity contribution in [2.45, 2.75) is 32.9 Å². The summed E-state index contributed by atoms with van der Waals surface area (Å²) >= 11 is 1.57. The molecule has 0 aromatic carbocycles. The summed E-state index contributed by atoms with van der Waals surface area (Å²) in [4.78, 5) is 4.22. The molecule has 2 N–H and O–H groups in total. The molecule has 0 bridgehead atoms. The number of aryl methyl sites for hydroxylation is 1. The third-order valence-corrected chi connectivity index (χ3v) is 2.49. The molecule has 0 amide bonds. The summed E-state index contributed by atoms with van der Waals surface area (Å²) in [6, 6.07) is 0.398. The zero-order valence-corrected chi connectivity index (χ0v) is 9.06. The Morgan fingerprint density at radius 1 is 1.62 bits per heavy atom. The van der Waals surface area contributed by atoms with E-state index in [4.69, 9.17) is 0 Å². The van der Waals surface area contributed by atoms with Crippen molar-refractivity contribution in [3.63, 3.8) is 0 Å². The first kappa shape index (κ1) is 10.6. The molecule has 13 heavy (non-hydrogen) atoms. The molecule has 1 unspecified atom stereocenters. The minimum atomic E-state index is -0.479. The van der Waals surface area contributed by atoms with Gasteiger partial charge in [0.2, 0.25) is 0 Å². The second-order valence-corrected chi connectivity index (χ2v) is 4.43. The number of aliphatic hydroxyl groups is 1. The molecule has 1 heterocycles. The number of aromatic nitrogens is 1. The highest BCUT2D eigenvalue weighted by molar-refractivity contribution is 7.09. The van der Waals surface area contributed by atoms with E-state index in [1.54, 1.807) is 11.3 Å². The van der Waals surface area contributed by atoms with E-state index in [0.717, 1.165) is 10.7 Å². The van der Waals surface area contributed by atoms with Crippen molar-refractivity contribution in [1.29, 1.82) is 0 Å². The van der Waals surface area contributed by atoms with Crippen LogP contribution in [-0.4, -0.2) is 22.7 Å². The van der Waals surface area contributed by atoms with Crippen LogP contribution in [0.4, 0.5) is 0 Å². The standard InChI is InChI=1S/C9H16N2OS/c1-6(2)10-4-9(12)8-5-13-7(3)11-8/h5-6,9-10,12H,4H2,1-3H3. The molecule has 0 spiro atoms. The van der Waals surface area contributed by atoms with Gasteiger partial charge in [0.15, 0.2) is 0 Å². The molecule has 4 heteroatoms. The Balaban J connectivity index is 2.44. The molecule has 0 aliphatic carbocycles. The Morgan fingerprint density at radius 3 is 2.77 bits per heavy atom. The third kappa shape index (κ3) is 3.42. The van der Waals surface area contributed by atoms with Gasteiger partial charge in [0.05, 0.1) is 10.7 Å². The van der Waals surface area contributed by atoms with Gasteiger partial charge in [-0.05, 0) is 6.92 Å². The highest BCUT2D eigenvalue weighted by Gasteiger charge is 2.10. The lowest BCUT2D eigenvalue weighted by atomic mass is 10.2. The Bertz CT molecular complexity index is 260. The molecule has 0 aliphatic rings. The van der Waals surface area contributed by atoms with Crippen molar-refractivity contribution in [3.05, 3.63) is 16.1 Å². The predicted octanol–water partition coefficient (Wildman–Crippen LogP) is 1.48. The molecule has 1 aromatic heterocycles. The predicted molar refractivity (Wildman–Crippen MR) is 54.9 cm³/mol. The summed E-state index contributed by atoms with van der Waals surface area (Å²) in [6.45, 7) is 6.62. The Labute approximate surface area is 82.8 Å². The third-order valence-electron chi connectivity index (χ3n) is 1.70. The van der Waals surface area contributed by atoms with Crippen molar-refractivity contribution < 1.29 is 5.11 Å². The Kier molecular flexibility index (Phi) is 3.84. The van der Waals surface area contributed by atoms with Crippen LogP contribution in [0.25, 0.3) is 0 Å². The normalized spacial score (nSPS) is 13.6. The molecule has 0 fully saturated rings. The maximum absolute atomic E-state index is 9.66. The zero-order chi connectivity index (χ0) is 9.84. The summed E-state index contributed by atoms with van der Waals surface area (Å²) in [5, 5.41) is 15.7. The van der Waals surface area contributed by atoms with Crippen molar-refractivity contribution >= 4 is 11.3 Å². The van der Waals surface area contributed by atoms with Crippen molar-refractivity contribution in [3.8, 4) is 0 Å². The van der Waals surface area contributed by atoms with Crippen molar-refractivity contribution in [2.24, 2.45) is 0 Å². The van der Waals surface area contributed by atoms with E-state index in [1.165, 1.54) is 0 Å². The van der Waals surface area contributed by atoms with E-state index in [2.05, 4.69) is 24.1 Å². The van der Waals surface area contributed by atoms with Crippen molar-refractivity contribution in [1.82, 2.24) is 10.3 Å². The number of hydrogen-bond acceptors (Lipinski definition) is 4. The van der Waals surface area contributed by atoms with Crippen LogP contribution >= 0.6 is 11.3 Å². The van der Waals surface area contributed by atoms with E-state index in [1.807, 2.05) is 12.3 Å². The summed E-state index contributed by atoms with van der Waals surface area (Å²) in [6.07, 6.45) is -0.479. The van der Waals surface area contributed by atoms with E-state index in [0.29, 0.717) is 12.6 Å². The van der Waals surface area contributed by atoms with Crippen LogP contribution in [0.3, 0.4) is 0 Å². The highest BCUT2D eigenvalue weighted by atomic mass is 32.1. The van der Waals surface area contributed by atoms with Gasteiger partial charge >= 0.3 is 0 Å². The summed E-state index contributed by atoms with van der Waals surface area (Å²) < 4.78 is 0. The highest BCUT2D eigenvalue weighted by Crippen LogP contribution is 2.15. The summed E-state index contributed by atoms with van der Waals surface area (Å²) in [7, 11) is 0. The molecule has 0 aliphatic heterocycles. The average molecular weight is 200 g/mol. The fourth-order valence-electron chi connectivity index (χ4n) is 0.985. The first-order valence-corrected chi connectivity index (χ1v) is 5.31. The van der Waals surface area contributed by atoms with Crippen LogP contribution < -0.4 is 5.32 Å². The molecule has 0 radical (unpaired) electrons. The first-order chi connectivity index (χ1) is 6.09. The quantitative estimate of drug-likeness (QED) is 0.774. The second kappa shape index (κ2) is 4.69. The van der Waals surface area contributed by atoms with Gasteiger partial charge in [-0.3, -0.25) is 0 Å². The number of nitrogens with zero attached hydrogens (tertiary/aromatic N) is 1. The van der Waals surface area contributed by atoms with Gasteiger partial charge in [-0.25, -0.2) is 4.98 Å². The van der Waals surface area contributed by atoms with Crippen LogP contribution in [0.5, 0.6) is 0 Å². The fourth-order valence-corrected chi connectivity index (χ4v) is 1.64. The maximum Gasteiger partial charge on any atom is 0.109 e. The lowest BCUT2D eigenvalue weighted by molar-refractivity contribution is 0.167. The van der Waals surface area contributed by atoms with Crippen LogP contribution in [0.1, 0.15) is 30.7 Å². The van der Waals surface area contributed by atoms with E-state index >= 15 is 0 Å². The van der Waals surface area contributed by atoms with E-state index in [9.17, 15) is 5.11 Å².